The predicted molar refractivity (Wildman–Crippen MR) is 233 cm³/mol. The molecular formula is C44H88O4S2Sn. The second kappa shape index (κ2) is 38.7. The molecule has 0 aliphatic heterocycles. The third kappa shape index (κ3) is 34.7. The van der Waals surface area contributed by atoms with Crippen LogP contribution in [0.25, 0.3) is 0 Å². The van der Waals surface area contributed by atoms with E-state index < -0.39 is 19.2 Å². The van der Waals surface area contributed by atoms with Crippen LogP contribution in [0.5, 0.6) is 0 Å². The van der Waals surface area contributed by atoms with Crippen molar-refractivity contribution in [1.29, 1.82) is 0 Å². The van der Waals surface area contributed by atoms with E-state index in [0.717, 1.165) is 38.5 Å². The Hall–Kier alpha value is 0.439. The van der Waals surface area contributed by atoms with Gasteiger partial charge in [0, 0.05) is 0 Å². The molecule has 0 fully saturated rings. The molecule has 0 N–H and O–H groups in total. The number of hydrogen-bond donors (Lipinski definition) is 2. The summed E-state index contributed by atoms with van der Waals surface area (Å²) in [6, 6.07) is 0. The van der Waals surface area contributed by atoms with Gasteiger partial charge in [-0.15, -0.1) is 0 Å². The normalized spacial score (nSPS) is 13.0. The summed E-state index contributed by atoms with van der Waals surface area (Å²) in [4.78, 5) is 29.8. The molecule has 2 atom stereocenters. The molecule has 304 valence electrons. The summed E-state index contributed by atoms with van der Waals surface area (Å²) in [5, 5.41) is 0. The molecule has 4 nitrogen and oxygen atoms in total. The molecule has 7 heteroatoms. The number of carbonyl (C=O) groups is 2. The van der Waals surface area contributed by atoms with E-state index in [9.17, 15) is 9.59 Å². The van der Waals surface area contributed by atoms with Crippen molar-refractivity contribution in [2.75, 3.05) is 11.5 Å². The zero-order valence-corrected chi connectivity index (χ0v) is 39.3. The predicted octanol–water partition coefficient (Wildman–Crippen LogP) is 15.2. The van der Waals surface area contributed by atoms with Crippen molar-refractivity contribution in [1.82, 2.24) is 0 Å². The van der Waals surface area contributed by atoms with E-state index >= 15 is 0 Å². The quantitative estimate of drug-likeness (QED) is 0.0366. The Kier molecular flexibility index (Phi) is 39.0. The van der Waals surface area contributed by atoms with Gasteiger partial charge in [-0.3, -0.25) is 0 Å². The van der Waals surface area contributed by atoms with Gasteiger partial charge in [-0.1, -0.05) is 117 Å². The Labute approximate surface area is 335 Å². The van der Waals surface area contributed by atoms with E-state index in [-0.39, 0.29) is 23.8 Å². The standard InChI is InChI=1S/2C21H42O2S.2CH3.Sn/c2*1-2-3-4-5-6-7-8-9-10-11-12-13-14-15-16-17-18-20(19-24)21(22)23;;;/h2*20,24H,2-19H2,1H3,(H,22,23);2*1H3;/q;;;;+2/p-2. The molecule has 0 rings (SSSR count). The minimum atomic E-state index is -3.78. The maximum absolute atomic E-state index is 13.0. The van der Waals surface area contributed by atoms with Crippen LogP contribution >= 0.6 is 25.3 Å². The third-order valence-corrected chi connectivity index (χ3v) is 15.4. The Morgan fingerprint density at radius 3 is 0.784 bits per heavy atom. The first-order valence-corrected chi connectivity index (χ1v) is 31.8. The number of hydrogen-bond acceptors (Lipinski definition) is 6. The monoisotopic (exact) mass is 865 g/mol. The van der Waals surface area contributed by atoms with Crippen LogP contribution in [-0.2, 0) is 15.7 Å². The molecule has 0 bridgehead atoms. The van der Waals surface area contributed by atoms with E-state index in [2.05, 4.69) is 39.1 Å². The van der Waals surface area contributed by atoms with Gasteiger partial charge >= 0.3 is 221 Å². The molecule has 0 radical (unpaired) electrons. The zero-order chi connectivity index (χ0) is 37.7. The van der Waals surface area contributed by atoms with Crippen molar-refractivity contribution in [3.8, 4) is 0 Å². The summed E-state index contributed by atoms with van der Waals surface area (Å²) < 4.78 is 11.8. The zero-order valence-electron chi connectivity index (χ0n) is 34.6. The Balaban J connectivity index is 3.93. The van der Waals surface area contributed by atoms with Gasteiger partial charge in [0.2, 0.25) is 0 Å². The molecule has 0 aromatic heterocycles. The molecule has 0 aromatic rings. The minimum absolute atomic E-state index is 0.222. The van der Waals surface area contributed by atoms with E-state index in [1.54, 1.807) is 0 Å². The van der Waals surface area contributed by atoms with E-state index in [0.29, 0.717) is 11.5 Å². The number of rotatable bonds is 40. The summed E-state index contributed by atoms with van der Waals surface area (Å²) in [6.45, 7) is 4.57. The Bertz CT molecular complexity index is 705. The van der Waals surface area contributed by atoms with Crippen molar-refractivity contribution in [2.24, 2.45) is 11.8 Å². The van der Waals surface area contributed by atoms with Gasteiger partial charge in [-0.05, 0) is 0 Å². The molecule has 0 aromatic carbocycles. The van der Waals surface area contributed by atoms with Crippen LogP contribution in [0.3, 0.4) is 0 Å². The number of thiol groups is 2. The summed E-state index contributed by atoms with van der Waals surface area (Å²) >= 11 is 5.15. The molecule has 0 saturated carbocycles. The van der Waals surface area contributed by atoms with Crippen LogP contribution in [0, 0.1) is 11.8 Å². The van der Waals surface area contributed by atoms with Gasteiger partial charge < -0.3 is 0 Å². The fourth-order valence-electron chi connectivity index (χ4n) is 7.12. The Morgan fingerprint density at radius 1 is 0.392 bits per heavy atom. The van der Waals surface area contributed by atoms with Crippen LogP contribution in [0.1, 0.15) is 232 Å². The van der Waals surface area contributed by atoms with Crippen molar-refractivity contribution < 1.29 is 15.7 Å². The van der Waals surface area contributed by atoms with Gasteiger partial charge in [-0.25, -0.2) is 0 Å². The fraction of sp³-hybridized carbons (Fsp3) is 0.955. The van der Waals surface area contributed by atoms with E-state index in [4.69, 9.17) is 6.15 Å². The second-order valence-corrected chi connectivity index (χ2v) is 26.1. The molecular weight excluding hydrogens is 775 g/mol. The molecule has 2 unspecified atom stereocenters. The van der Waals surface area contributed by atoms with Crippen LogP contribution < -0.4 is 0 Å². The topological polar surface area (TPSA) is 52.6 Å². The van der Waals surface area contributed by atoms with Gasteiger partial charge in [0.1, 0.15) is 0 Å². The van der Waals surface area contributed by atoms with Crippen molar-refractivity contribution >= 4 is 56.4 Å². The average Bonchev–Trinajstić information content (AvgIpc) is 3.10. The molecule has 0 saturated heterocycles. The van der Waals surface area contributed by atoms with Gasteiger partial charge in [0.15, 0.2) is 0 Å². The minimum Gasteiger partial charge on any atom is -0.0654 e. The molecule has 0 aliphatic rings. The van der Waals surface area contributed by atoms with Crippen LogP contribution in [0.4, 0.5) is 0 Å². The van der Waals surface area contributed by atoms with Gasteiger partial charge in [0.05, 0.1) is 0 Å². The molecule has 0 aliphatic carbocycles. The van der Waals surface area contributed by atoms with Crippen LogP contribution in [0.15, 0.2) is 0 Å². The van der Waals surface area contributed by atoms with Gasteiger partial charge in [-0.2, -0.15) is 0 Å². The van der Waals surface area contributed by atoms with E-state index in [1.165, 1.54) is 180 Å². The first kappa shape index (κ1) is 51.4. The third-order valence-electron chi connectivity index (χ3n) is 10.6. The molecule has 0 heterocycles. The van der Waals surface area contributed by atoms with Crippen molar-refractivity contribution in [3.63, 3.8) is 0 Å². The summed E-state index contributed by atoms with van der Waals surface area (Å²) in [5.41, 5.74) is 0. The SMILES string of the molecule is CCCCCCCCCCCCCCCCCCC(CS)C(=O)[O][Sn]([CH3])([CH3])[O]C(=O)C(CS)CCCCCCCCCCCCCCCCCC. The van der Waals surface area contributed by atoms with E-state index in [1.807, 2.05) is 9.88 Å². The van der Waals surface area contributed by atoms with Crippen LogP contribution in [-0.4, -0.2) is 42.6 Å². The fourth-order valence-corrected chi connectivity index (χ4v) is 11.6. The average molecular weight is 864 g/mol. The molecule has 0 amide bonds. The summed E-state index contributed by atoms with van der Waals surface area (Å²) in [5.74, 6) is 0.0679. The summed E-state index contributed by atoms with van der Waals surface area (Å²) in [6.07, 6.45) is 44.4. The maximum atomic E-state index is 13.0. The number of unbranched alkanes of at least 4 members (excludes halogenated alkanes) is 30. The first-order valence-electron chi connectivity index (χ1n) is 22.5. The van der Waals surface area contributed by atoms with Gasteiger partial charge in [0.25, 0.3) is 0 Å². The smallest absolute Gasteiger partial charge is 0.0654 e. The van der Waals surface area contributed by atoms with Crippen molar-refractivity contribution in [3.05, 3.63) is 0 Å². The van der Waals surface area contributed by atoms with Crippen molar-refractivity contribution in [2.45, 2.75) is 242 Å². The first-order chi connectivity index (χ1) is 24.8. The van der Waals surface area contributed by atoms with Crippen LogP contribution in [0.2, 0.25) is 9.88 Å². The Morgan fingerprint density at radius 2 is 0.588 bits per heavy atom. The second-order valence-electron chi connectivity index (χ2n) is 16.2. The molecule has 51 heavy (non-hydrogen) atoms. The molecule has 0 spiro atoms. The summed E-state index contributed by atoms with van der Waals surface area (Å²) in [7, 11) is 0. The number of carbonyl (C=O) groups excluding carboxylic acids is 2.